The molecule has 1 aromatic carbocycles. The van der Waals surface area contributed by atoms with Gasteiger partial charge >= 0.3 is 0 Å². The molecule has 2 aromatic heterocycles. The topological polar surface area (TPSA) is 91.3 Å². The molecule has 10 heteroatoms. The van der Waals surface area contributed by atoms with Crippen LogP contribution in [-0.4, -0.2) is 54.1 Å². The van der Waals surface area contributed by atoms with E-state index in [2.05, 4.69) is 20.5 Å². The number of piperazine rings is 1. The van der Waals surface area contributed by atoms with Crippen LogP contribution in [0.5, 0.6) is 0 Å². The van der Waals surface area contributed by atoms with Crippen molar-refractivity contribution in [2.45, 2.75) is 12.7 Å². The summed E-state index contributed by atoms with van der Waals surface area (Å²) >= 11 is 0. The Hall–Kier alpha value is -3.11. The van der Waals surface area contributed by atoms with Crippen molar-refractivity contribution in [2.24, 2.45) is 0 Å². The molecule has 31 heavy (non-hydrogen) atoms. The Kier molecular flexibility index (Phi) is 6.10. The molecule has 0 saturated carbocycles. The lowest BCUT2D eigenvalue weighted by Crippen LogP contribution is -2.49. The molecule has 1 fully saturated rings. The molecule has 8 nitrogen and oxygen atoms in total. The fourth-order valence-corrected chi connectivity index (χ4v) is 4.92. The maximum atomic E-state index is 13.8. The highest BCUT2D eigenvalue weighted by Crippen LogP contribution is 2.20. The molecule has 0 aliphatic carbocycles. The number of hydrogen-bond acceptors (Lipinski definition) is 7. The van der Waals surface area contributed by atoms with Crippen molar-refractivity contribution in [3.63, 3.8) is 0 Å². The van der Waals surface area contributed by atoms with Crippen LogP contribution in [0.15, 0.2) is 54.7 Å². The van der Waals surface area contributed by atoms with Gasteiger partial charge in [0.05, 0.1) is 5.75 Å². The number of aromatic nitrogens is 3. The molecule has 1 N–H and O–H groups in total. The second kappa shape index (κ2) is 8.94. The largest absolute Gasteiger partial charge is 0.352 e. The van der Waals surface area contributed by atoms with Gasteiger partial charge in [-0.05, 0) is 42.8 Å². The zero-order valence-corrected chi connectivity index (χ0v) is 17.9. The molecular weight excluding hydrogens is 419 g/mol. The van der Waals surface area contributed by atoms with E-state index >= 15 is 0 Å². The summed E-state index contributed by atoms with van der Waals surface area (Å²) in [5, 5.41) is 11.6. The van der Waals surface area contributed by atoms with Crippen LogP contribution in [-0.2, 0) is 15.8 Å². The summed E-state index contributed by atoms with van der Waals surface area (Å²) in [6.45, 7) is 3.57. The van der Waals surface area contributed by atoms with Crippen LogP contribution in [0.2, 0.25) is 0 Å². The minimum Gasteiger partial charge on any atom is -0.352 e. The first-order valence-electron chi connectivity index (χ1n) is 9.90. The Morgan fingerprint density at radius 2 is 1.77 bits per heavy atom. The second-order valence-electron chi connectivity index (χ2n) is 7.35. The Bertz CT molecular complexity index is 1150. The van der Waals surface area contributed by atoms with Gasteiger partial charge in [-0.1, -0.05) is 18.2 Å². The third-order valence-electron chi connectivity index (χ3n) is 5.07. The number of halogens is 1. The molecule has 1 saturated heterocycles. The molecule has 4 rings (SSSR count). The predicted octanol–water partition coefficient (Wildman–Crippen LogP) is 2.71. The van der Waals surface area contributed by atoms with E-state index in [1.807, 2.05) is 36.1 Å². The van der Waals surface area contributed by atoms with Crippen molar-refractivity contribution in [3.05, 3.63) is 71.7 Å². The number of benzene rings is 1. The van der Waals surface area contributed by atoms with Crippen molar-refractivity contribution in [1.82, 2.24) is 19.5 Å². The molecule has 1 aliphatic rings. The molecule has 1 aliphatic heterocycles. The van der Waals surface area contributed by atoms with E-state index in [1.54, 1.807) is 18.3 Å². The van der Waals surface area contributed by atoms with Gasteiger partial charge in [0.15, 0.2) is 11.6 Å². The van der Waals surface area contributed by atoms with Gasteiger partial charge in [0.25, 0.3) is 0 Å². The number of nitrogens with zero attached hydrogens (tertiary/aromatic N) is 5. The number of hydrogen-bond donors (Lipinski definition) is 1. The van der Waals surface area contributed by atoms with Crippen molar-refractivity contribution in [1.29, 1.82) is 0 Å². The van der Waals surface area contributed by atoms with Gasteiger partial charge in [0.2, 0.25) is 10.0 Å². The number of anilines is 3. The van der Waals surface area contributed by atoms with Crippen LogP contribution in [0.25, 0.3) is 0 Å². The molecule has 0 bridgehead atoms. The maximum Gasteiger partial charge on any atom is 0.218 e. The van der Waals surface area contributed by atoms with Crippen molar-refractivity contribution in [2.75, 3.05) is 36.4 Å². The average Bonchev–Trinajstić information content (AvgIpc) is 2.76. The second-order valence-corrected chi connectivity index (χ2v) is 9.32. The summed E-state index contributed by atoms with van der Waals surface area (Å²) in [4.78, 5) is 6.22. The normalized spacial score (nSPS) is 15.1. The maximum absolute atomic E-state index is 13.8. The minimum atomic E-state index is -3.60. The quantitative estimate of drug-likeness (QED) is 0.628. The third kappa shape index (κ3) is 5.15. The van der Waals surface area contributed by atoms with Gasteiger partial charge in [-0.25, -0.2) is 17.8 Å². The fraction of sp³-hybridized carbons (Fsp3) is 0.286. The van der Waals surface area contributed by atoms with Crippen molar-refractivity contribution in [3.8, 4) is 0 Å². The van der Waals surface area contributed by atoms with E-state index in [9.17, 15) is 12.8 Å². The van der Waals surface area contributed by atoms with Gasteiger partial charge in [-0.3, -0.25) is 0 Å². The van der Waals surface area contributed by atoms with E-state index in [4.69, 9.17) is 0 Å². The molecule has 0 amide bonds. The van der Waals surface area contributed by atoms with Crippen molar-refractivity contribution < 1.29 is 12.8 Å². The summed E-state index contributed by atoms with van der Waals surface area (Å²) in [6.07, 6.45) is 1.72. The molecule has 0 atom stereocenters. The van der Waals surface area contributed by atoms with Gasteiger partial charge < -0.3 is 10.2 Å². The Labute approximate surface area is 180 Å². The predicted molar refractivity (Wildman–Crippen MR) is 117 cm³/mol. The molecule has 0 radical (unpaired) electrons. The smallest absolute Gasteiger partial charge is 0.218 e. The minimum absolute atomic E-state index is 0.182. The summed E-state index contributed by atoms with van der Waals surface area (Å²) in [5.41, 5.74) is 1.27. The lowest BCUT2D eigenvalue weighted by atomic mass is 10.2. The first-order chi connectivity index (χ1) is 14.9. The monoisotopic (exact) mass is 442 g/mol. The molecule has 0 unspecified atom stereocenters. The average molecular weight is 443 g/mol. The lowest BCUT2D eigenvalue weighted by molar-refractivity contribution is 0.382. The Morgan fingerprint density at radius 3 is 2.45 bits per heavy atom. The molecular formula is C21H23FN6O2S. The van der Waals surface area contributed by atoms with E-state index < -0.39 is 15.8 Å². The Balaban J connectivity index is 1.35. The van der Waals surface area contributed by atoms with Crippen LogP contribution < -0.4 is 10.2 Å². The Morgan fingerprint density at radius 1 is 1.00 bits per heavy atom. The number of nitrogens with one attached hydrogen (secondary N) is 1. The van der Waals surface area contributed by atoms with Crippen LogP contribution in [0, 0.1) is 12.7 Å². The van der Waals surface area contributed by atoms with Gasteiger partial charge in [-0.15, -0.1) is 10.2 Å². The number of sulfonamides is 1. The van der Waals surface area contributed by atoms with Gasteiger partial charge in [0, 0.05) is 37.9 Å². The van der Waals surface area contributed by atoms with Crippen LogP contribution in [0.1, 0.15) is 11.1 Å². The van der Waals surface area contributed by atoms with Crippen LogP contribution in [0.4, 0.5) is 21.8 Å². The van der Waals surface area contributed by atoms with Gasteiger partial charge in [0.1, 0.15) is 11.6 Å². The summed E-state index contributed by atoms with van der Waals surface area (Å²) in [7, 11) is -3.60. The highest BCUT2D eigenvalue weighted by molar-refractivity contribution is 7.88. The van der Waals surface area contributed by atoms with Gasteiger partial charge in [-0.2, -0.15) is 4.31 Å². The third-order valence-corrected chi connectivity index (χ3v) is 6.90. The van der Waals surface area contributed by atoms with E-state index in [1.165, 1.54) is 16.4 Å². The van der Waals surface area contributed by atoms with E-state index in [0.29, 0.717) is 43.6 Å². The first kappa shape index (κ1) is 21.1. The fourth-order valence-electron chi connectivity index (χ4n) is 3.39. The summed E-state index contributed by atoms with van der Waals surface area (Å²) in [6, 6.07) is 13.4. The standard InChI is InChI=1S/C21H23FN6O2S/c1-16-8-9-23-20(14-16)24-19-6-7-21(26-25-19)27-10-12-28(13-11-27)31(29,30)15-17-4-2-3-5-18(17)22/h2-9,14H,10-13,15H2,1H3,(H,23,24,25). The first-order valence-corrected chi connectivity index (χ1v) is 11.5. The molecule has 162 valence electrons. The SMILES string of the molecule is Cc1ccnc(Nc2ccc(N3CCN(S(=O)(=O)Cc4ccccc4F)CC3)nn2)c1. The number of pyridine rings is 1. The molecule has 3 aromatic rings. The van der Waals surface area contributed by atoms with Crippen LogP contribution >= 0.6 is 0 Å². The zero-order valence-electron chi connectivity index (χ0n) is 17.1. The lowest BCUT2D eigenvalue weighted by Gasteiger charge is -2.34. The van der Waals surface area contributed by atoms with E-state index in [0.717, 1.165) is 5.56 Å². The number of rotatable bonds is 6. The van der Waals surface area contributed by atoms with Crippen molar-refractivity contribution >= 4 is 27.5 Å². The molecule has 0 spiro atoms. The molecule has 3 heterocycles. The van der Waals surface area contributed by atoms with Crippen LogP contribution in [0.3, 0.4) is 0 Å². The number of aryl methyl sites for hydroxylation is 1. The van der Waals surface area contributed by atoms with E-state index in [-0.39, 0.29) is 11.3 Å². The summed E-state index contributed by atoms with van der Waals surface area (Å²) < 4.78 is 40.6. The highest BCUT2D eigenvalue weighted by Gasteiger charge is 2.28. The zero-order chi connectivity index (χ0) is 21.8. The highest BCUT2D eigenvalue weighted by atomic mass is 32.2. The summed E-state index contributed by atoms with van der Waals surface area (Å²) in [5.74, 6) is 1.10.